The first-order valence-corrected chi connectivity index (χ1v) is 5.96. The number of carbonyl (C=O) groups is 1. The van der Waals surface area contributed by atoms with Crippen molar-refractivity contribution >= 4 is 17.3 Å². The first-order chi connectivity index (χ1) is 9.70. The second-order valence-corrected chi connectivity index (χ2v) is 4.30. The number of rotatable bonds is 1. The third-order valence-electron chi connectivity index (χ3n) is 3.07. The lowest BCUT2D eigenvalue weighted by atomic mass is 10.0. The number of aliphatic hydroxyl groups is 1. The van der Waals surface area contributed by atoms with Crippen LogP contribution in [0.15, 0.2) is 48.5 Å². The smallest absolute Gasteiger partial charge is 0.348 e. The molecule has 0 unspecified atom stereocenters. The van der Waals surface area contributed by atoms with E-state index in [2.05, 4.69) is 0 Å². The van der Waals surface area contributed by atoms with Crippen molar-refractivity contribution in [2.75, 3.05) is 0 Å². The van der Waals surface area contributed by atoms with Gasteiger partial charge in [0.05, 0.1) is 11.6 Å². The van der Waals surface area contributed by atoms with Gasteiger partial charge >= 0.3 is 5.97 Å². The van der Waals surface area contributed by atoms with Crippen molar-refractivity contribution in [2.45, 2.75) is 0 Å². The van der Waals surface area contributed by atoms with E-state index in [1.807, 2.05) is 12.1 Å². The molecule has 0 fully saturated rings. The molecule has 0 radical (unpaired) electrons. The number of fused-ring (bicyclic) bond motifs is 1. The number of carbonyl (C=O) groups excluding carboxylic acids is 1. The van der Waals surface area contributed by atoms with Crippen molar-refractivity contribution in [1.29, 1.82) is 5.26 Å². The van der Waals surface area contributed by atoms with Gasteiger partial charge in [-0.25, -0.2) is 4.79 Å². The first-order valence-electron chi connectivity index (χ1n) is 5.96. The summed E-state index contributed by atoms with van der Waals surface area (Å²) in [4.78, 5) is 11.9. The Morgan fingerprint density at radius 1 is 1.15 bits per heavy atom. The van der Waals surface area contributed by atoms with Gasteiger partial charge in [0.25, 0.3) is 0 Å². The van der Waals surface area contributed by atoms with E-state index in [1.54, 1.807) is 36.4 Å². The van der Waals surface area contributed by atoms with Crippen LogP contribution in [0.5, 0.6) is 5.75 Å². The maximum Gasteiger partial charge on any atom is 0.348 e. The highest BCUT2D eigenvalue weighted by molar-refractivity contribution is 6.27. The maximum atomic E-state index is 11.9. The van der Waals surface area contributed by atoms with Crippen molar-refractivity contribution in [2.24, 2.45) is 0 Å². The van der Waals surface area contributed by atoms with Crippen LogP contribution in [0.3, 0.4) is 0 Å². The van der Waals surface area contributed by atoms with E-state index >= 15 is 0 Å². The molecule has 0 aliphatic carbocycles. The summed E-state index contributed by atoms with van der Waals surface area (Å²) >= 11 is 0. The highest BCUT2D eigenvalue weighted by Crippen LogP contribution is 2.38. The van der Waals surface area contributed by atoms with E-state index in [0.29, 0.717) is 22.4 Å². The summed E-state index contributed by atoms with van der Waals surface area (Å²) in [6.45, 7) is 0. The van der Waals surface area contributed by atoms with Gasteiger partial charge in [0.15, 0.2) is 0 Å². The minimum atomic E-state index is -0.614. The van der Waals surface area contributed by atoms with Crippen molar-refractivity contribution in [3.8, 4) is 11.8 Å². The van der Waals surface area contributed by atoms with Gasteiger partial charge in [-0.1, -0.05) is 30.3 Å². The molecule has 2 aromatic carbocycles. The Hall–Kier alpha value is -3.06. The zero-order valence-electron chi connectivity index (χ0n) is 10.3. The van der Waals surface area contributed by atoms with Crippen LogP contribution in [0.4, 0.5) is 0 Å². The zero-order chi connectivity index (χ0) is 14.1. The average Bonchev–Trinajstić information content (AvgIpc) is 2.82. The third-order valence-corrected chi connectivity index (χ3v) is 3.07. The van der Waals surface area contributed by atoms with E-state index in [4.69, 9.17) is 10.00 Å². The summed E-state index contributed by atoms with van der Waals surface area (Å²) in [6, 6.07) is 15.4. The molecule has 0 bridgehead atoms. The Bertz CT molecular complexity index is 770. The molecule has 1 aliphatic heterocycles. The van der Waals surface area contributed by atoms with E-state index in [1.165, 1.54) is 6.07 Å². The number of ether oxygens (including phenoxy) is 1. The number of nitriles is 1. The Morgan fingerprint density at radius 3 is 2.60 bits per heavy atom. The summed E-state index contributed by atoms with van der Waals surface area (Å²) in [5, 5.41) is 19.1. The lowest BCUT2D eigenvalue weighted by molar-refractivity contribution is -0.126. The molecule has 0 amide bonds. The van der Waals surface area contributed by atoms with Gasteiger partial charge in [0.1, 0.15) is 17.1 Å². The minimum absolute atomic E-state index is 0.121. The maximum absolute atomic E-state index is 11.9. The fourth-order valence-corrected chi connectivity index (χ4v) is 2.11. The Balaban J connectivity index is 2.18. The standard InChI is InChI=1S/C16H9NO3/c17-9-10-6-7-12-13(8-10)20-16(19)14(12)15(18)11-4-2-1-3-5-11/h1-8,18H/b15-14+. The third kappa shape index (κ3) is 1.82. The molecule has 4 nitrogen and oxygen atoms in total. The molecule has 0 aromatic heterocycles. The van der Waals surface area contributed by atoms with Crippen molar-refractivity contribution in [1.82, 2.24) is 0 Å². The topological polar surface area (TPSA) is 70.3 Å². The minimum Gasteiger partial charge on any atom is -0.506 e. The van der Waals surface area contributed by atoms with Crippen LogP contribution in [0.25, 0.3) is 11.3 Å². The quantitative estimate of drug-likeness (QED) is 0.371. The van der Waals surface area contributed by atoms with Gasteiger partial charge in [-0.05, 0) is 18.2 Å². The Morgan fingerprint density at radius 2 is 1.90 bits per heavy atom. The number of hydrogen-bond donors (Lipinski definition) is 1. The van der Waals surface area contributed by atoms with Crippen LogP contribution in [-0.4, -0.2) is 11.1 Å². The Kier molecular flexibility index (Phi) is 2.73. The lowest BCUT2D eigenvalue weighted by Crippen LogP contribution is -2.03. The van der Waals surface area contributed by atoms with Gasteiger partial charge < -0.3 is 9.84 Å². The highest BCUT2D eigenvalue weighted by Gasteiger charge is 2.31. The summed E-state index contributed by atoms with van der Waals surface area (Å²) < 4.78 is 5.10. The molecule has 2 aromatic rings. The fraction of sp³-hybridized carbons (Fsp3) is 0. The zero-order valence-corrected chi connectivity index (χ0v) is 10.3. The highest BCUT2D eigenvalue weighted by atomic mass is 16.5. The first kappa shape index (κ1) is 12.0. The van der Waals surface area contributed by atoms with Crippen molar-refractivity contribution in [3.05, 3.63) is 65.2 Å². The molecule has 3 rings (SSSR count). The van der Waals surface area contributed by atoms with Crippen LogP contribution in [0, 0.1) is 11.3 Å². The molecule has 0 saturated heterocycles. The summed E-state index contributed by atoms with van der Waals surface area (Å²) in [5.74, 6) is -0.443. The largest absolute Gasteiger partial charge is 0.506 e. The van der Waals surface area contributed by atoms with E-state index < -0.39 is 5.97 Å². The predicted molar refractivity (Wildman–Crippen MR) is 72.7 cm³/mol. The fourth-order valence-electron chi connectivity index (χ4n) is 2.11. The van der Waals surface area contributed by atoms with E-state index in [9.17, 15) is 9.90 Å². The number of aliphatic hydroxyl groups excluding tert-OH is 1. The molecular formula is C16H9NO3. The van der Waals surface area contributed by atoms with Crippen LogP contribution in [0.1, 0.15) is 16.7 Å². The van der Waals surface area contributed by atoms with Crippen LogP contribution >= 0.6 is 0 Å². The van der Waals surface area contributed by atoms with Gasteiger partial charge in [-0.3, -0.25) is 0 Å². The molecule has 0 atom stereocenters. The van der Waals surface area contributed by atoms with Gasteiger partial charge in [-0.2, -0.15) is 5.26 Å². The molecule has 0 saturated carbocycles. The summed E-state index contributed by atoms with van der Waals surface area (Å²) in [5.41, 5.74) is 1.56. The number of hydrogen-bond acceptors (Lipinski definition) is 4. The Labute approximate surface area is 115 Å². The SMILES string of the molecule is N#Cc1ccc2c(c1)OC(=O)/C2=C(/O)c1ccccc1. The molecule has 1 heterocycles. The summed E-state index contributed by atoms with van der Waals surface area (Å²) in [6.07, 6.45) is 0. The van der Waals surface area contributed by atoms with E-state index in [0.717, 1.165) is 0 Å². The van der Waals surface area contributed by atoms with Gasteiger partial charge in [-0.15, -0.1) is 0 Å². The molecule has 20 heavy (non-hydrogen) atoms. The van der Waals surface area contributed by atoms with Crippen LogP contribution < -0.4 is 4.74 Å². The average molecular weight is 263 g/mol. The normalized spacial score (nSPS) is 15.2. The second-order valence-electron chi connectivity index (χ2n) is 4.30. The summed E-state index contributed by atoms with van der Waals surface area (Å²) in [7, 11) is 0. The molecule has 1 N–H and O–H groups in total. The number of benzene rings is 2. The van der Waals surface area contributed by atoms with Crippen molar-refractivity contribution in [3.63, 3.8) is 0 Å². The predicted octanol–water partition coefficient (Wildman–Crippen LogP) is 2.90. The van der Waals surface area contributed by atoms with Gasteiger partial charge in [0.2, 0.25) is 0 Å². The second kappa shape index (κ2) is 4.56. The van der Waals surface area contributed by atoms with Crippen molar-refractivity contribution < 1.29 is 14.6 Å². The van der Waals surface area contributed by atoms with Crippen LogP contribution in [0.2, 0.25) is 0 Å². The molecule has 96 valence electrons. The monoisotopic (exact) mass is 263 g/mol. The molecule has 1 aliphatic rings. The molecular weight excluding hydrogens is 254 g/mol. The molecule has 4 heteroatoms. The number of esters is 1. The van der Waals surface area contributed by atoms with E-state index in [-0.39, 0.29) is 11.3 Å². The van der Waals surface area contributed by atoms with Crippen LogP contribution in [-0.2, 0) is 4.79 Å². The van der Waals surface area contributed by atoms with Gasteiger partial charge in [0, 0.05) is 11.1 Å². The number of nitrogens with zero attached hydrogens (tertiary/aromatic N) is 1. The molecule has 0 spiro atoms. The lowest BCUT2D eigenvalue weighted by Gasteiger charge is -2.03.